The fourth-order valence-electron chi connectivity index (χ4n) is 7.78. The van der Waals surface area contributed by atoms with Crippen LogP contribution in [0.4, 0.5) is 17.1 Å². The van der Waals surface area contributed by atoms with Crippen LogP contribution in [0, 0.1) is 0 Å². The molecule has 0 aliphatic heterocycles. The normalized spacial score (nSPS) is 11.7. The lowest BCUT2D eigenvalue weighted by atomic mass is 9.94. The van der Waals surface area contributed by atoms with Crippen LogP contribution in [0.15, 0.2) is 195 Å². The molecule has 11 rings (SSSR count). The van der Waals surface area contributed by atoms with Gasteiger partial charge in [-0.05, 0) is 95.1 Å². The molecule has 0 fully saturated rings. The van der Waals surface area contributed by atoms with Gasteiger partial charge in [-0.15, -0.1) is 0 Å². The quantitative estimate of drug-likeness (QED) is 0.173. The smallest absolute Gasteiger partial charge is 0.227 e. The summed E-state index contributed by atoms with van der Waals surface area (Å²) in [7, 11) is 0. The van der Waals surface area contributed by atoms with E-state index in [1.807, 2.05) is 54.6 Å². The van der Waals surface area contributed by atoms with Crippen molar-refractivity contribution < 1.29 is 13.3 Å². The van der Waals surface area contributed by atoms with Gasteiger partial charge in [0.2, 0.25) is 5.89 Å². The maximum atomic E-state index is 6.56. The highest BCUT2D eigenvalue weighted by Crippen LogP contribution is 2.43. The van der Waals surface area contributed by atoms with Gasteiger partial charge in [-0.25, -0.2) is 4.98 Å². The fourth-order valence-corrected chi connectivity index (χ4v) is 7.78. The lowest BCUT2D eigenvalue weighted by Crippen LogP contribution is -2.09. The first kappa shape index (κ1) is 30.3. The molecular weight excluding hydrogens is 665 g/mol. The summed E-state index contributed by atoms with van der Waals surface area (Å²) in [6, 6.07) is 62.8. The Balaban J connectivity index is 1.06. The molecule has 5 heteroatoms. The summed E-state index contributed by atoms with van der Waals surface area (Å²) in [6.45, 7) is 0. The number of anilines is 3. The van der Waals surface area contributed by atoms with Gasteiger partial charge < -0.3 is 18.2 Å². The predicted octanol–water partition coefficient (Wildman–Crippen LogP) is 14.1. The molecule has 0 aliphatic carbocycles. The van der Waals surface area contributed by atoms with Crippen LogP contribution in [0.25, 0.3) is 88.7 Å². The third-order valence-electron chi connectivity index (χ3n) is 10.3. The highest BCUT2D eigenvalue weighted by molar-refractivity contribution is 6.17. The van der Waals surface area contributed by atoms with Crippen molar-refractivity contribution >= 4 is 72.0 Å². The van der Waals surface area contributed by atoms with Crippen LogP contribution in [0.5, 0.6) is 0 Å². The number of rotatable bonds is 6. The van der Waals surface area contributed by atoms with Crippen LogP contribution < -0.4 is 4.90 Å². The Bertz CT molecular complexity index is 3160. The summed E-state index contributed by atoms with van der Waals surface area (Å²) < 4.78 is 19.0. The Morgan fingerprint density at radius 2 is 0.926 bits per heavy atom. The van der Waals surface area contributed by atoms with E-state index in [-0.39, 0.29) is 0 Å². The molecule has 3 aromatic heterocycles. The van der Waals surface area contributed by atoms with E-state index >= 15 is 0 Å². The molecule has 254 valence electrons. The number of oxazole rings is 1. The van der Waals surface area contributed by atoms with E-state index in [1.165, 1.54) is 16.7 Å². The zero-order valence-corrected chi connectivity index (χ0v) is 28.9. The molecule has 0 spiro atoms. The van der Waals surface area contributed by atoms with Crippen molar-refractivity contribution in [2.24, 2.45) is 0 Å². The molecule has 0 aliphatic rings. The second-order valence-corrected chi connectivity index (χ2v) is 13.5. The van der Waals surface area contributed by atoms with Crippen LogP contribution in [-0.4, -0.2) is 4.98 Å². The zero-order valence-electron chi connectivity index (χ0n) is 28.9. The van der Waals surface area contributed by atoms with Crippen molar-refractivity contribution in [1.82, 2.24) is 4.98 Å². The summed E-state index contributed by atoms with van der Waals surface area (Å²) in [4.78, 5) is 7.23. The van der Waals surface area contributed by atoms with Crippen LogP contribution in [0.3, 0.4) is 0 Å². The first-order valence-corrected chi connectivity index (χ1v) is 18.0. The maximum Gasteiger partial charge on any atom is 0.227 e. The van der Waals surface area contributed by atoms with Crippen LogP contribution in [0.2, 0.25) is 0 Å². The van der Waals surface area contributed by atoms with E-state index in [2.05, 4.69) is 132 Å². The van der Waals surface area contributed by atoms with Crippen molar-refractivity contribution in [2.45, 2.75) is 0 Å². The largest absolute Gasteiger partial charge is 0.456 e. The molecule has 5 nitrogen and oxygen atoms in total. The van der Waals surface area contributed by atoms with E-state index < -0.39 is 0 Å². The third-order valence-corrected chi connectivity index (χ3v) is 10.3. The van der Waals surface area contributed by atoms with E-state index in [9.17, 15) is 0 Å². The predicted molar refractivity (Wildman–Crippen MR) is 220 cm³/mol. The van der Waals surface area contributed by atoms with Gasteiger partial charge in [-0.3, -0.25) is 0 Å². The highest BCUT2D eigenvalue weighted by atomic mass is 16.4. The Kier molecular flexibility index (Phi) is 6.79. The summed E-state index contributed by atoms with van der Waals surface area (Å²) in [6.07, 6.45) is 0. The molecule has 8 aromatic carbocycles. The van der Waals surface area contributed by atoms with Crippen LogP contribution in [0.1, 0.15) is 0 Å². The standard InChI is InChI=1S/C49H30N2O3/c1-3-11-31(12-4-1)37-15-7-8-16-38(37)32-19-21-34(22-20-32)51(35-24-26-43-41(29-35)39-17-9-10-18-42(39)52-43)36-23-25-40-46(30-36)53-44-27-28-45-48(47(40)44)50-49(54-45)33-13-5-2-6-14-33/h1-30H. The monoisotopic (exact) mass is 694 g/mol. The Morgan fingerprint density at radius 3 is 1.72 bits per heavy atom. The maximum absolute atomic E-state index is 6.56. The van der Waals surface area contributed by atoms with Crippen LogP contribution in [-0.2, 0) is 0 Å². The summed E-state index contributed by atoms with van der Waals surface area (Å²) in [5.41, 5.74) is 13.4. The number of nitrogens with zero attached hydrogens (tertiary/aromatic N) is 2. The van der Waals surface area contributed by atoms with Crippen molar-refractivity contribution in [3.05, 3.63) is 182 Å². The molecule has 0 saturated carbocycles. The topological polar surface area (TPSA) is 55.6 Å². The van der Waals surface area contributed by atoms with Gasteiger partial charge in [-0.2, -0.15) is 0 Å². The van der Waals surface area contributed by atoms with Crippen molar-refractivity contribution in [2.75, 3.05) is 4.90 Å². The van der Waals surface area contributed by atoms with Crippen LogP contribution >= 0.6 is 0 Å². The van der Waals surface area contributed by atoms with E-state index in [4.69, 9.17) is 18.2 Å². The summed E-state index contributed by atoms with van der Waals surface area (Å²) >= 11 is 0. The number of fused-ring (bicyclic) bond motifs is 8. The number of hydrogen-bond donors (Lipinski definition) is 0. The van der Waals surface area contributed by atoms with E-state index in [1.54, 1.807) is 0 Å². The third kappa shape index (κ3) is 4.90. The number of benzene rings is 8. The minimum absolute atomic E-state index is 0.590. The Morgan fingerprint density at radius 1 is 0.352 bits per heavy atom. The van der Waals surface area contributed by atoms with E-state index in [0.29, 0.717) is 5.89 Å². The van der Waals surface area contributed by atoms with Gasteiger partial charge in [-0.1, -0.05) is 103 Å². The molecule has 0 atom stereocenters. The highest BCUT2D eigenvalue weighted by Gasteiger charge is 2.20. The number of aromatic nitrogens is 1. The lowest BCUT2D eigenvalue weighted by molar-refractivity contribution is 0.619. The Labute approximate surface area is 309 Å². The number of furan rings is 2. The molecule has 3 heterocycles. The van der Waals surface area contributed by atoms with Crippen molar-refractivity contribution in [3.63, 3.8) is 0 Å². The van der Waals surface area contributed by atoms with Crippen molar-refractivity contribution in [3.8, 4) is 33.7 Å². The zero-order chi connectivity index (χ0) is 35.6. The molecule has 0 unspecified atom stereocenters. The molecule has 54 heavy (non-hydrogen) atoms. The molecule has 0 radical (unpaired) electrons. The molecule has 0 saturated heterocycles. The molecule has 0 bridgehead atoms. The van der Waals surface area contributed by atoms with Gasteiger partial charge >= 0.3 is 0 Å². The SMILES string of the molecule is c1ccc(-c2nc3c(ccc4oc5cc(N(c6ccc(-c7ccccc7-c7ccccc7)cc6)c6ccc7oc8ccccc8c7c6)ccc5c43)o2)cc1. The first-order valence-electron chi connectivity index (χ1n) is 18.0. The average molecular weight is 695 g/mol. The minimum atomic E-state index is 0.590. The van der Waals surface area contributed by atoms with Gasteiger partial charge in [0.25, 0.3) is 0 Å². The number of para-hydroxylation sites is 1. The van der Waals surface area contributed by atoms with Gasteiger partial charge in [0.1, 0.15) is 27.8 Å². The van der Waals surface area contributed by atoms with Gasteiger partial charge in [0.05, 0.1) is 5.39 Å². The molecular formula is C49H30N2O3. The fraction of sp³-hybridized carbons (Fsp3) is 0. The molecule has 0 amide bonds. The summed E-state index contributed by atoms with van der Waals surface area (Å²) in [5, 5.41) is 4.07. The van der Waals surface area contributed by atoms with E-state index in [0.717, 1.165) is 83.2 Å². The molecule has 0 N–H and O–H groups in total. The second-order valence-electron chi connectivity index (χ2n) is 13.5. The summed E-state index contributed by atoms with van der Waals surface area (Å²) in [5.74, 6) is 0.590. The van der Waals surface area contributed by atoms with Crippen molar-refractivity contribution in [1.29, 1.82) is 0 Å². The lowest BCUT2D eigenvalue weighted by Gasteiger charge is -2.26. The Hall–Kier alpha value is -7.37. The first-order chi connectivity index (χ1) is 26.7. The average Bonchev–Trinajstić information content (AvgIpc) is 3.95. The minimum Gasteiger partial charge on any atom is -0.456 e. The number of hydrogen-bond acceptors (Lipinski definition) is 5. The van der Waals surface area contributed by atoms with Gasteiger partial charge in [0.15, 0.2) is 5.58 Å². The molecule has 11 aromatic rings. The second kappa shape index (κ2) is 12.1. The van der Waals surface area contributed by atoms with Gasteiger partial charge in [0, 0.05) is 44.9 Å².